The van der Waals surface area contributed by atoms with Gasteiger partial charge in [-0.2, -0.15) is 21.6 Å². The van der Waals surface area contributed by atoms with Gasteiger partial charge in [0.05, 0.1) is 6.61 Å². The minimum Gasteiger partial charge on any atom is -0.463 e. The molecule has 0 saturated heterocycles. The first-order valence-corrected chi connectivity index (χ1v) is 8.42. The van der Waals surface area contributed by atoms with Gasteiger partial charge in [-0.25, -0.2) is 4.79 Å². The van der Waals surface area contributed by atoms with Crippen LogP contribution >= 0.6 is 0 Å². The number of esters is 1. The van der Waals surface area contributed by atoms with Crippen LogP contribution in [0.15, 0.2) is 35.9 Å². The second-order valence-electron chi connectivity index (χ2n) is 4.74. The average molecular weight is 366 g/mol. The fourth-order valence-electron chi connectivity index (χ4n) is 1.73. The van der Waals surface area contributed by atoms with Crippen LogP contribution in [0.2, 0.25) is 0 Å². The molecule has 0 aromatic heterocycles. The number of hydrogen-bond donors (Lipinski definition) is 0. The summed E-state index contributed by atoms with van der Waals surface area (Å²) >= 11 is 0. The summed E-state index contributed by atoms with van der Waals surface area (Å²) < 4.78 is 68.4. The second-order valence-corrected chi connectivity index (χ2v) is 6.28. The third-order valence-electron chi connectivity index (χ3n) is 2.92. The zero-order valence-corrected chi connectivity index (χ0v) is 13.9. The first-order chi connectivity index (χ1) is 11.1. The fourth-order valence-corrected chi connectivity index (χ4v) is 2.22. The number of allylic oxidation sites excluding steroid dienone is 1. The largest absolute Gasteiger partial charge is 0.534 e. The van der Waals surface area contributed by atoms with Gasteiger partial charge in [0.2, 0.25) is 0 Å². The van der Waals surface area contributed by atoms with Crippen molar-refractivity contribution in [2.24, 2.45) is 0 Å². The number of benzene rings is 1. The van der Waals surface area contributed by atoms with Crippen molar-refractivity contribution < 1.29 is 35.3 Å². The van der Waals surface area contributed by atoms with Gasteiger partial charge in [0.25, 0.3) is 0 Å². The Morgan fingerprint density at radius 1 is 1.25 bits per heavy atom. The number of halogens is 3. The molecule has 0 unspecified atom stereocenters. The zero-order valence-electron chi connectivity index (χ0n) is 13.1. The van der Waals surface area contributed by atoms with Crippen LogP contribution in [0.4, 0.5) is 13.2 Å². The molecule has 0 bridgehead atoms. The smallest absolute Gasteiger partial charge is 0.463 e. The Morgan fingerprint density at radius 3 is 2.46 bits per heavy atom. The number of rotatable bonds is 7. The predicted octanol–water partition coefficient (Wildman–Crippen LogP) is 3.36. The van der Waals surface area contributed by atoms with Crippen LogP contribution in [0.1, 0.15) is 25.8 Å². The van der Waals surface area contributed by atoms with E-state index < -0.39 is 27.3 Å². The Labute approximate surface area is 138 Å². The molecule has 1 aromatic carbocycles. The van der Waals surface area contributed by atoms with Gasteiger partial charge in [-0.3, -0.25) is 0 Å². The molecule has 0 aliphatic heterocycles. The molecule has 0 saturated carbocycles. The van der Waals surface area contributed by atoms with Crippen LogP contribution in [0.25, 0.3) is 0 Å². The molecule has 0 amide bonds. The normalized spacial score (nSPS) is 12.8. The van der Waals surface area contributed by atoms with Crippen molar-refractivity contribution in [2.75, 3.05) is 6.61 Å². The van der Waals surface area contributed by atoms with Crippen LogP contribution in [-0.2, 0) is 26.1 Å². The molecule has 0 fully saturated rings. The van der Waals surface area contributed by atoms with E-state index in [0.717, 1.165) is 6.07 Å². The molecule has 1 aromatic rings. The maximum atomic E-state index is 12.4. The molecular formula is C15H17F3O5S. The third-order valence-corrected chi connectivity index (χ3v) is 3.88. The summed E-state index contributed by atoms with van der Waals surface area (Å²) in [6, 6.07) is 5.50. The van der Waals surface area contributed by atoms with Crippen LogP contribution in [0.5, 0.6) is 5.75 Å². The van der Waals surface area contributed by atoms with E-state index in [1.54, 1.807) is 26.0 Å². The standard InChI is InChI=1S/C15H17F3O5S/c1-3-22-14(19)11(2)7-6-9-12-8-4-5-10-13(12)23-24(20,21)15(16,17)18/h4-5,7-8,10H,3,6,9H2,1-2H3/b11-7+. The lowest BCUT2D eigenvalue weighted by Gasteiger charge is -2.12. The molecule has 0 atom stereocenters. The first kappa shape index (κ1) is 20.0. The molecule has 0 heterocycles. The number of para-hydroxylation sites is 1. The molecular weight excluding hydrogens is 349 g/mol. The minimum atomic E-state index is -5.72. The summed E-state index contributed by atoms with van der Waals surface area (Å²) in [6.07, 6.45) is 2.06. The van der Waals surface area contributed by atoms with E-state index in [1.165, 1.54) is 12.1 Å². The lowest BCUT2D eigenvalue weighted by Crippen LogP contribution is -2.28. The summed E-state index contributed by atoms with van der Waals surface area (Å²) in [4.78, 5) is 11.4. The molecule has 134 valence electrons. The van der Waals surface area contributed by atoms with E-state index in [1.807, 2.05) is 0 Å². The van der Waals surface area contributed by atoms with Crippen LogP contribution in [0, 0.1) is 0 Å². The van der Waals surface area contributed by atoms with Crippen molar-refractivity contribution in [3.63, 3.8) is 0 Å². The van der Waals surface area contributed by atoms with E-state index in [2.05, 4.69) is 4.18 Å². The van der Waals surface area contributed by atoms with Crippen molar-refractivity contribution in [1.29, 1.82) is 0 Å². The Balaban J connectivity index is 2.85. The summed E-state index contributed by atoms with van der Waals surface area (Å²) in [7, 11) is -5.72. The maximum Gasteiger partial charge on any atom is 0.534 e. The summed E-state index contributed by atoms with van der Waals surface area (Å²) in [5.74, 6) is -0.876. The molecule has 24 heavy (non-hydrogen) atoms. The number of ether oxygens (including phenoxy) is 1. The second kappa shape index (κ2) is 8.18. The predicted molar refractivity (Wildman–Crippen MR) is 80.8 cm³/mol. The van der Waals surface area contributed by atoms with Crippen molar-refractivity contribution in [3.8, 4) is 5.75 Å². The highest BCUT2D eigenvalue weighted by atomic mass is 32.2. The van der Waals surface area contributed by atoms with Gasteiger partial charge in [-0.1, -0.05) is 24.3 Å². The monoisotopic (exact) mass is 366 g/mol. The van der Waals surface area contributed by atoms with Crippen LogP contribution in [0.3, 0.4) is 0 Å². The lowest BCUT2D eigenvalue weighted by atomic mass is 10.1. The van der Waals surface area contributed by atoms with E-state index in [0.29, 0.717) is 12.0 Å². The van der Waals surface area contributed by atoms with Gasteiger partial charge in [0, 0.05) is 5.57 Å². The van der Waals surface area contributed by atoms with E-state index in [-0.39, 0.29) is 18.6 Å². The highest BCUT2D eigenvalue weighted by molar-refractivity contribution is 7.88. The minimum absolute atomic E-state index is 0.195. The summed E-state index contributed by atoms with van der Waals surface area (Å²) in [5.41, 5.74) is -4.86. The molecule has 5 nitrogen and oxygen atoms in total. The van der Waals surface area contributed by atoms with Gasteiger partial charge >= 0.3 is 21.6 Å². The van der Waals surface area contributed by atoms with Gasteiger partial charge in [0.1, 0.15) is 5.75 Å². The number of hydrogen-bond acceptors (Lipinski definition) is 5. The number of alkyl halides is 3. The highest BCUT2D eigenvalue weighted by Gasteiger charge is 2.48. The van der Waals surface area contributed by atoms with E-state index >= 15 is 0 Å². The molecule has 9 heteroatoms. The van der Waals surface area contributed by atoms with Gasteiger partial charge in [-0.15, -0.1) is 0 Å². The van der Waals surface area contributed by atoms with Gasteiger partial charge in [0.15, 0.2) is 0 Å². The summed E-state index contributed by atoms with van der Waals surface area (Å²) in [6.45, 7) is 3.45. The highest BCUT2D eigenvalue weighted by Crippen LogP contribution is 2.29. The zero-order chi connectivity index (χ0) is 18.4. The molecule has 1 rings (SSSR count). The van der Waals surface area contributed by atoms with Crippen molar-refractivity contribution >= 4 is 16.1 Å². The number of carbonyl (C=O) groups is 1. The maximum absolute atomic E-state index is 12.4. The van der Waals surface area contributed by atoms with Crippen molar-refractivity contribution in [1.82, 2.24) is 0 Å². The number of carbonyl (C=O) groups excluding carboxylic acids is 1. The summed E-state index contributed by atoms with van der Waals surface area (Å²) in [5, 5.41) is 0. The fraction of sp³-hybridized carbons (Fsp3) is 0.400. The quantitative estimate of drug-likeness (QED) is 0.320. The van der Waals surface area contributed by atoms with Crippen LogP contribution in [-0.4, -0.2) is 26.5 Å². The van der Waals surface area contributed by atoms with Gasteiger partial charge < -0.3 is 8.92 Å². The lowest BCUT2D eigenvalue weighted by molar-refractivity contribution is -0.138. The van der Waals surface area contributed by atoms with Gasteiger partial charge in [-0.05, 0) is 38.3 Å². The Hall–Kier alpha value is -2.03. The third kappa shape index (κ3) is 5.55. The van der Waals surface area contributed by atoms with Crippen LogP contribution < -0.4 is 4.18 Å². The molecule has 0 spiro atoms. The topological polar surface area (TPSA) is 69.7 Å². The Kier molecular flexibility index (Phi) is 6.82. The van der Waals surface area contributed by atoms with E-state index in [9.17, 15) is 26.4 Å². The molecule has 0 aliphatic carbocycles. The molecule has 0 radical (unpaired) electrons. The first-order valence-electron chi connectivity index (χ1n) is 7.01. The van der Waals surface area contributed by atoms with Crippen molar-refractivity contribution in [3.05, 3.63) is 41.5 Å². The Morgan fingerprint density at radius 2 is 1.88 bits per heavy atom. The molecule has 0 N–H and O–H groups in total. The SMILES string of the molecule is CCOC(=O)/C(C)=C/CCc1ccccc1OS(=O)(=O)C(F)(F)F. The van der Waals surface area contributed by atoms with Crippen molar-refractivity contribution in [2.45, 2.75) is 32.2 Å². The molecule has 0 aliphatic rings. The number of aryl methyl sites for hydroxylation is 1. The Bertz CT molecular complexity index is 708. The average Bonchev–Trinajstić information content (AvgIpc) is 2.47. The van der Waals surface area contributed by atoms with E-state index in [4.69, 9.17) is 4.74 Å².